The molecule has 0 fully saturated rings. The zero-order valence-corrected chi connectivity index (χ0v) is 13.8. The summed E-state index contributed by atoms with van der Waals surface area (Å²) in [5, 5.41) is 2.61. The van der Waals surface area contributed by atoms with Crippen LogP contribution in [0.4, 0.5) is 18.9 Å². The van der Waals surface area contributed by atoms with Gasteiger partial charge >= 0.3 is 6.36 Å². The highest BCUT2D eigenvalue weighted by Gasteiger charge is 2.31. The molecule has 2 rings (SSSR count). The first-order chi connectivity index (χ1) is 11.8. The third kappa shape index (κ3) is 6.02. The van der Waals surface area contributed by atoms with Gasteiger partial charge in [-0.25, -0.2) is 0 Å². The second kappa shape index (κ2) is 7.92. The lowest BCUT2D eigenvalue weighted by Gasteiger charge is -2.17. The summed E-state index contributed by atoms with van der Waals surface area (Å²) in [5.74, 6) is -0.164. The van der Waals surface area contributed by atoms with Crippen LogP contribution in [0.2, 0.25) is 0 Å². The maximum atomic E-state index is 12.3. The average Bonchev–Trinajstić information content (AvgIpc) is 2.54. The number of anilines is 1. The number of halogens is 3. The lowest BCUT2D eigenvalue weighted by Crippen LogP contribution is -2.32. The predicted molar refractivity (Wildman–Crippen MR) is 87.6 cm³/mol. The largest absolute Gasteiger partial charge is 0.573 e. The molecule has 0 radical (unpaired) electrons. The lowest BCUT2D eigenvalue weighted by atomic mass is 10.2. The van der Waals surface area contributed by atoms with E-state index in [1.54, 1.807) is 19.1 Å². The number of nitrogens with one attached hydrogen (secondary N) is 1. The zero-order valence-electron chi connectivity index (χ0n) is 13.8. The summed E-state index contributed by atoms with van der Waals surface area (Å²) in [6.45, 7) is 3.75. The number of carbonyl (C=O) groups excluding carboxylic acids is 1. The van der Waals surface area contributed by atoms with Crippen molar-refractivity contribution < 1.29 is 27.4 Å². The Morgan fingerprint density at radius 2 is 1.60 bits per heavy atom. The van der Waals surface area contributed by atoms with E-state index in [9.17, 15) is 18.0 Å². The third-order valence-electron chi connectivity index (χ3n) is 3.32. The van der Waals surface area contributed by atoms with Crippen molar-refractivity contribution in [2.24, 2.45) is 0 Å². The fourth-order valence-electron chi connectivity index (χ4n) is 2.07. The maximum absolute atomic E-state index is 12.3. The molecule has 4 nitrogen and oxygen atoms in total. The molecule has 0 aliphatic heterocycles. The Hall–Kier alpha value is -2.70. The molecule has 0 aromatic heterocycles. The van der Waals surface area contributed by atoms with Crippen LogP contribution in [0.15, 0.2) is 48.5 Å². The van der Waals surface area contributed by atoms with E-state index in [2.05, 4.69) is 10.1 Å². The third-order valence-corrected chi connectivity index (χ3v) is 3.32. The number of aryl methyl sites for hydroxylation is 1. The van der Waals surface area contributed by atoms with Crippen LogP contribution in [0.1, 0.15) is 18.9 Å². The van der Waals surface area contributed by atoms with Crippen molar-refractivity contribution >= 4 is 11.6 Å². The molecule has 0 spiro atoms. The summed E-state index contributed by atoms with van der Waals surface area (Å²) >= 11 is 0. The van der Waals surface area contributed by atoms with E-state index in [1.807, 2.05) is 19.1 Å². The molecule has 7 heteroatoms. The number of rotatable bonds is 6. The first-order valence-corrected chi connectivity index (χ1v) is 7.67. The van der Waals surface area contributed by atoms with Crippen molar-refractivity contribution in [3.05, 3.63) is 54.1 Å². The van der Waals surface area contributed by atoms with Gasteiger partial charge in [0.15, 0.2) is 6.10 Å². The van der Waals surface area contributed by atoms with Gasteiger partial charge in [0.2, 0.25) is 0 Å². The molecule has 0 aliphatic rings. The molecule has 2 aromatic carbocycles. The molecule has 0 heterocycles. The molecular formula is C18H18F3NO3. The maximum Gasteiger partial charge on any atom is 0.573 e. The molecule has 1 N–H and O–H groups in total. The van der Waals surface area contributed by atoms with Gasteiger partial charge in [0.25, 0.3) is 5.91 Å². The van der Waals surface area contributed by atoms with Crippen LogP contribution in [0.3, 0.4) is 0 Å². The highest BCUT2D eigenvalue weighted by Crippen LogP contribution is 2.24. The van der Waals surface area contributed by atoms with Gasteiger partial charge < -0.3 is 14.8 Å². The fraction of sp³-hybridized carbons (Fsp3) is 0.278. The van der Waals surface area contributed by atoms with Crippen molar-refractivity contribution in [1.29, 1.82) is 0 Å². The molecular weight excluding hydrogens is 335 g/mol. The van der Waals surface area contributed by atoms with Crippen LogP contribution in [0, 0.1) is 6.92 Å². The summed E-state index contributed by atoms with van der Waals surface area (Å²) < 4.78 is 45.8. The van der Waals surface area contributed by atoms with Crippen LogP contribution in [-0.4, -0.2) is 18.4 Å². The number of hydrogen-bond acceptors (Lipinski definition) is 3. The number of alkyl halides is 3. The van der Waals surface area contributed by atoms with Gasteiger partial charge in [-0.3, -0.25) is 4.79 Å². The molecule has 0 saturated heterocycles. The van der Waals surface area contributed by atoms with Gasteiger partial charge in [-0.05, 0) is 49.7 Å². The van der Waals surface area contributed by atoms with Gasteiger partial charge in [-0.2, -0.15) is 0 Å². The van der Waals surface area contributed by atoms with Crippen molar-refractivity contribution in [1.82, 2.24) is 0 Å². The van der Waals surface area contributed by atoms with E-state index in [-0.39, 0.29) is 11.7 Å². The standard InChI is InChI=1S/C18H18F3NO3/c1-3-16(24-14-8-4-12(2)5-9-14)17(23)22-13-6-10-15(11-7-13)25-18(19,20)21/h4-11,16H,3H2,1-2H3,(H,22,23)/t16-/m1/s1. The van der Waals surface area contributed by atoms with Gasteiger partial charge in [-0.15, -0.1) is 13.2 Å². The molecule has 1 amide bonds. The summed E-state index contributed by atoms with van der Waals surface area (Å²) in [5.41, 5.74) is 1.43. The highest BCUT2D eigenvalue weighted by molar-refractivity contribution is 5.94. The monoisotopic (exact) mass is 353 g/mol. The van der Waals surface area contributed by atoms with Crippen LogP contribution >= 0.6 is 0 Å². The van der Waals surface area contributed by atoms with Crippen LogP contribution < -0.4 is 14.8 Å². The quantitative estimate of drug-likeness (QED) is 0.820. The van der Waals surface area contributed by atoms with E-state index in [0.717, 1.165) is 17.7 Å². The Morgan fingerprint density at radius 3 is 2.12 bits per heavy atom. The molecule has 25 heavy (non-hydrogen) atoms. The normalized spacial score (nSPS) is 12.4. The average molecular weight is 353 g/mol. The van der Waals surface area contributed by atoms with Crippen molar-refractivity contribution in [3.8, 4) is 11.5 Å². The minimum absolute atomic E-state index is 0.352. The Morgan fingerprint density at radius 1 is 1.04 bits per heavy atom. The Kier molecular flexibility index (Phi) is 5.90. The minimum atomic E-state index is -4.75. The van der Waals surface area contributed by atoms with Crippen LogP contribution in [-0.2, 0) is 4.79 Å². The van der Waals surface area contributed by atoms with Crippen LogP contribution in [0.25, 0.3) is 0 Å². The van der Waals surface area contributed by atoms with Crippen molar-refractivity contribution in [2.75, 3.05) is 5.32 Å². The van der Waals surface area contributed by atoms with Crippen molar-refractivity contribution in [2.45, 2.75) is 32.7 Å². The fourth-order valence-corrected chi connectivity index (χ4v) is 2.07. The molecule has 2 aromatic rings. The second-order valence-corrected chi connectivity index (χ2v) is 5.39. The molecule has 134 valence electrons. The smallest absolute Gasteiger partial charge is 0.481 e. The van der Waals surface area contributed by atoms with E-state index in [1.165, 1.54) is 12.1 Å². The van der Waals surface area contributed by atoms with Gasteiger partial charge in [0.1, 0.15) is 11.5 Å². The van der Waals surface area contributed by atoms with E-state index < -0.39 is 12.5 Å². The first kappa shape index (κ1) is 18.6. The van der Waals surface area contributed by atoms with Gasteiger partial charge in [0, 0.05) is 5.69 Å². The van der Waals surface area contributed by atoms with Crippen molar-refractivity contribution in [3.63, 3.8) is 0 Å². The Labute approximate surface area is 143 Å². The number of carbonyl (C=O) groups is 1. The Balaban J connectivity index is 1.97. The highest BCUT2D eigenvalue weighted by atomic mass is 19.4. The number of benzene rings is 2. The van der Waals surface area contributed by atoms with E-state index in [4.69, 9.17) is 4.74 Å². The number of hydrogen-bond donors (Lipinski definition) is 1. The summed E-state index contributed by atoms with van der Waals surface area (Å²) in [7, 11) is 0. The van der Waals surface area contributed by atoms with Gasteiger partial charge in [-0.1, -0.05) is 24.6 Å². The SMILES string of the molecule is CC[C@@H](Oc1ccc(C)cc1)C(=O)Nc1ccc(OC(F)(F)F)cc1. The molecule has 0 bridgehead atoms. The number of amides is 1. The second-order valence-electron chi connectivity index (χ2n) is 5.39. The summed E-state index contributed by atoms with van der Waals surface area (Å²) in [6, 6.07) is 12.2. The molecule has 0 aliphatic carbocycles. The molecule has 0 unspecified atom stereocenters. The topological polar surface area (TPSA) is 47.6 Å². The molecule has 1 atom stereocenters. The summed E-state index contributed by atoms with van der Waals surface area (Å²) in [6.07, 6.45) is -5.02. The van der Waals surface area contributed by atoms with E-state index >= 15 is 0 Å². The minimum Gasteiger partial charge on any atom is -0.481 e. The first-order valence-electron chi connectivity index (χ1n) is 7.67. The number of ether oxygens (including phenoxy) is 2. The Bertz CT molecular complexity index is 697. The zero-order chi connectivity index (χ0) is 18.4. The molecule has 0 saturated carbocycles. The van der Waals surface area contributed by atoms with E-state index in [0.29, 0.717) is 17.9 Å². The predicted octanol–water partition coefficient (Wildman–Crippen LogP) is 4.69. The lowest BCUT2D eigenvalue weighted by molar-refractivity contribution is -0.274. The summed E-state index contributed by atoms with van der Waals surface area (Å²) in [4.78, 5) is 12.3. The van der Waals surface area contributed by atoms with Crippen LogP contribution in [0.5, 0.6) is 11.5 Å². The van der Waals surface area contributed by atoms with Gasteiger partial charge in [0.05, 0.1) is 0 Å².